The lowest BCUT2D eigenvalue weighted by atomic mass is 10.00. The summed E-state index contributed by atoms with van der Waals surface area (Å²) in [6, 6.07) is 94.7. The van der Waals surface area contributed by atoms with Gasteiger partial charge in [-0.3, -0.25) is 9.13 Å². The molecule has 0 radical (unpaired) electrons. The van der Waals surface area contributed by atoms with Gasteiger partial charge in [0.15, 0.2) is 0 Å². The van der Waals surface area contributed by atoms with Crippen LogP contribution in [0.3, 0.4) is 0 Å². The minimum Gasteiger partial charge on any atom is -0.437 e. The van der Waals surface area contributed by atoms with E-state index in [1.165, 1.54) is 104 Å². The zero-order chi connectivity index (χ0) is 58.7. The van der Waals surface area contributed by atoms with Gasteiger partial charge in [0.2, 0.25) is 17.6 Å². The molecule has 0 saturated carbocycles. The maximum absolute atomic E-state index is 6.42. The number of hydrogen-bond donors (Lipinski definition) is 0. The predicted molar refractivity (Wildman–Crippen MR) is 382 cm³/mol. The minimum absolute atomic E-state index is 0.586. The summed E-state index contributed by atoms with van der Waals surface area (Å²) in [4.78, 5) is 21.5. The van der Waals surface area contributed by atoms with Gasteiger partial charge in [-0.05, 0) is 41.1 Å². The maximum atomic E-state index is 6.42. The van der Waals surface area contributed by atoms with Gasteiger partial charge in [0.1, 0.15) is 5.58 Å². The Balaban J connectivity index is 0.000000126. The largest absolute Gasteiger partial charge is 0.437 e. The third kappa shape index (κ3) is 7.08. The third-order valence-corrected chi connectivity index (χ3v) is 21.9. The second kappa shape index (κ2) is 19.2. The first kappa shape index (κ1) is 49.9. The molecule has 0 fully saturated rings. The maximum Gasteiger partial charge on any atom is 0.238 e. The number of nitrogens with zero attached hydrogens (tertiary/aromatic N) is 6. The number of hydrogen-bond acceptors (Lipinski definition) is 8. The highest BCUT2D eigenvalue weighted by molar-refractivity contribution is 7.28. The molecular weight excluding hydrogens is 1160 g/mol. The number of para-hydroxylation sites is 3. The molecule has 0 aliphatic heterocycles. The van der Waals surface area contributed by atoms with Crippen LogP contribution in [0.15, 0.2) is 271 Å². The van der Waals surface area contributed by atoms with Crippen molar-refractivity contribution in [1.82, 2.24) is 29.1 Å². The van der Waals surface area contributed by atoms with E-state index in [0.29, 0.717) is 17.6 Å². The van der Waals surface area contributed by atoms with E-state index in [9.17, 15) is 0 Å². The van der Waals surface area contributed by atoms with Crippen molar-refractivity contribution in [2.45, 2.75) is 0 Å². The smallest absolute Gasteiger partial charge is 0.238 e. The molecule has 0 N–H and O–H groups in total. The van der Waals surface area contributed by atoms with Crippen molar-refractivity contribution in [1.29, 1.82) is 0 Å². The van der Waals surface area contributed by atoms with E-state index in [1.807, 2.05) is 46.9 Å². The molecule has 21 aromatic rings. The molecule has 90 heavy (non-hydrogen) atoms. The number of thiophene rings is 3. The van der Waals surface area contributed by atoms with E-state index in [4.69, 9.17) is 24.4 Å². The number of benzene rings is 13. The molecule has 0 amide bonds. The summed E-state index contributed by atoms with van der Waals surface area (Å²) >= 11 is 5.55. The number of fused-ring (bicyclic) bond motifs is 28. The van der Waals surface area contributed by atoms with Crippen LogP contribution in [-0.2, 0) is 0 Å². The van der Waals surface area contributed by atoms with Gasteiger partial charge < -0.3 is 4.42 Å². The average molecular weight is 1200 g/mol. The van der Waals surface area contributed by atoms with Gasteiger partial charge in [-0.25, -0.2) is 15.0 Å². The van der Waals surface area contributed by atoms with Crippen LogP contribution in [0, 0.1) is 0 Å². The Morgan fingerprint density at radius 2 is 0.733 bits per heavy atom. The predicted octanol–water partition coefficient (Wildman–Crippen LogP) is 22.9. The van der Waals surface area contributed by atoms with Crippen LogP contribution in [0.25, 0.3) is 193 Å². The fourth-order valence-corrected chi connectivity index (χ4v) is 18.2. The average Bonchev–Trinajstić information content (AvgIpc) is 1.58. The van der Waals surface area contributed by atoms with E-state index in [2.05, 4.69) is 252 Å². The highest BCUT2D eigenvalue weighted by Gasteiger charge is 2.28. The van der Waals surface area contributed by atoms with Gasteiger partial charge in [0.25, 0.3) is 0 Å². The van der Waals surface area contributed by atoms with Crippen molar-refractivity contribution in [2.75, 3.05) is 0 Å². The van der Waals surface area contributed by atoms with Crippen LogP contribution in [0.4, 0.5) is 0 Å². The summed E-state index contributed by atoms with van der Waals surface area (Å²) in [5.74, 6) is 1.29. The summed E-state index contributed by atoms with van der Waals surface area (Å²) in [6.45, 7) is 0. The molecule has 8 aromatic heterocycles. The Morgan fingerprint density at radius 3 is 1.33 bits per heavy atom. The molecule has 418 valence electrons. The van der Waals surface area contributed by atoms with Crippen molar-refractivity contribution in [3.8, 4) is 34.4 Å². The Morgan fingerprint density at radius 1 is 0.278 bits per heavy atom. The van der Waals surface area contributed by atoms with Gasteiger partial charge in [0, 0.05) is 110 Å². The standard InChI is InChI=1S/C42H23N3S2.C38H21N3OS/c1-2-13-25(14-3-1)36-41-37(31-23-22-24-12-4-5-15-26(24)39(31)47-41)44-42(43-36)45-32-20-10-8-18-29(32)34-35-30-19-9-11-21-33(30)46-40(35)28-17-7-6-16-27(28)38(34)45;1-2-12-22(13-3-1)34-33-26-17-7-10-20-29(26)42-37(33)40-38(39-34)41-28-19-9-6-16-25(28)31-32-27-18-8-11-21-30(27)43-36(32)24-15-5-4-14-23(24)35(31)41/h1-23H;1-21H. The molecule has 0 saturated heterocycles. The minimum atomic E-state index is 0.586. The summed E-state index contributed by atoms with van der Waals surface area (Å²) in [7, 11) is 0. The summed E-state index contributed by atoms with van der Waals surface area (Å²) in [5.41, 5.74) is 10.8. The number of rotatable bonds is 4. The van der Waals surface area contributed by atoms with Gasteiger partial charge in [-0.15, -0.1) is 34.0 Å². The molecule has 10 heteroatoms. The Bertz CT molecular complexity index is 6610. The Hall–Kier alpha value is -11.1. The molecule has 0 atom stereocenters. The second-order valence-electron chi connectivity index (χ2n) is 23.0. The molecule has 0 aliphatic carbocycles. The zero-order valence-corrected chi connectivity index (χ0v) is 50.2. The third-order valence-electron chi connectivity index (χ3n) is 18.2. The van der Waals surface area contributed by atoms with Crippen molar-refractivity contribution >= 4 is 193 Å². The summed E-state index contributed by atoms with van der Waals surface area (Å²) in [6.07, 6.45) is 0. The van der Waals surface area contributed by atoms with E-state index in [1.54, 1.807) is 11.3 Å². The highest BCUT2D eigenvalue weighted by atomic mass is 32.1. The normalized spacial score (nSPS) is 12.2. The molecule has 0 spiro atoms. The van der Waals surface area contributed by atoms with E-state index >= 15 is 0 Å². The van der Waals surface area contributed by atoms with Crippen LogP contribution in [0.5, 0.6) is 0 Å². The quantitative estimate of drug-likeness (QED) is 0.176. The first-order valence-electron chi connectivity index (χ1n) is 30.1. The fraction of sp³-hybridized carbons (Fsp3) is 0. The molecule has 8 heterocycles. The van der Waals surface area contributed by atoms with Crippen molar-refractivity contribution in [3.63, 3.8) is 0 Å². The molecular formula is C80H44N6OS3. The molecule has 13 aromatic carbocycles. The first-order chi connectivity index (χ1) is 44.7. The van der Waals surface area contributed by atoms with E-state index in [0.717, 1.165) is 71.2 Å². The van der Waals surface area contributed by atoms with Crippen LogP contribution >= 0.6 is 34.0 Å². The van der Waals surface area contributed by atoms with Crippen molar-refractivity contribution in [2.24, 2.45) is 0 Å². The van der Waals surface area contributed by atoms with Crippen LogP contribution in [0.2, 0.25) is 0 Å². The second-order valence-corrected chi connectivity index (χ2v) is 26.2. The molecule has 0 unspecified atom stereocenters. The number of furan rings is 1. The van der Waals surface area contributed by atoms with Gasteiger partial charge in [0.05, 0.1) is 49.1 Å². The lowest BCUT2D eigenvalue weighted by Crippen LogP contribution is -2.03. The molecule has 0 aliphatic rings. The van der Waals surface area contributed by atoms with Crippen LogP contribution in [0.1, 0.15) is 0 Å². The fourth-order valence-electron chi connectivity index (χ4n) is 14.4. The van der Waals surface area contributed by atoms with E-state index < -0.39 is 0 Å². The van der Waals surface area contributed by atoms with Gasteiger partial charge in [-0.1, -0.05) is 237 Å². The van der Waals surface area contributed by atoms with Gasteiger partial charge >= 0.3 is 0 Å². The Kier molecular flexibility index (Phi) is 10.6. The lowest BCUT2D eigenvalue weighted by molar-refractivity contribution is 0.651. The highest BCUT2D eigenvalue weighted by Crippen LogP contribution is 2.51. The van der Waals surface area contributed by atoms with Crippen molar-refractivity contribution < 1.29 is 4.42 Å². The van der Waals surface area contributed by atoms with Crippen molar-refractivity contribution in [3.05, 3.63) is 267 Å². The van der Waals surface area contributed by atoms with E-state index in [-0.39, 0.29) is 0 Å². The van der Waals surface area contributed by atoms with Crippen LogP contribution in [-0.4, -0.2) is 29.1 Å². The monoisotopic (exact) mass is 1200 g/mol. The molecule has 7 nitrogen and oxygen atoms in total. The zero-order valence-electron chi connectivity index (χ0n) is 47.7. The molecule has 0 bridgehead atoms. The topological polar surface area (TPSA) is 74.6 Å². The summed E-state index contributed by atoms with van der Waals surface area (Å²) < 4.78 is 18.6. The number of aromatic nitrogens is 6. The van der Waals surface area contributed by atoms with Gasteiger partial charge in [-0.2, -0.15) is 4.98 Å². The lowest BCUT2D eigenvalue weighted by Gasteiger charge is -2.12. The SMILES string of the molecule is c1ccc(-c2nc(-n3c4ccccc4c4c5c6ccccc6sc5c5ccccc5c43)nc3c2sc2c4ccccc4ccc32)cc1.c1ccc(-c2nc(-n3c4ccccc4c4c5c6ccccc6sc5c5ccccc5c43)nc3oc4ccccc4c23)cc1. The Labute approximate surface area is 523 Å². The summed E-state index contributed by atoms with van der Waals surface area (Å²) in [5, 5.41) is 20.6. The van der Waals surface area contributed by atoms with Crippen LogP contribution < -0.4 is 0 Å². The first-order valence-corrected chi connectivity index (χ1v) is 32.6. The molecule has 21 rings (SSSR count).